The Morgan fingerprint density at radius 3 is 1.75 bits per heavy atom. The van der Waals surface area contributed by atoms with Crippen LogP contribution in [0.4, 0.5) is 32.0 Å². The van der Waals surface area contributed by atoms with Crippen LogP contribution >= 0.6 is 0 Å². The van der Waals surface area contributed by atoms with Crippen molar-refractivity contribution in [2.75, 3.05) is 6.61 Å². The molecule has 0 aliphatic carbocycles. The summed E-state index contributed by atoms with van der Waals surface area (Å²) in [7, 11) is 0. The van der Waals surface area contributed by atoms with Gasteiger partial charge < -0.3 is 4.74 Å². The lowest BCUT2D eigenvalue weighted by Gasteiger charge is -2.26. The molecule has 0 atom stereocenters. The first-order valence-corrected chi connectivity index (χ1v) is 8.39. The van der Waals surface area contributed by atoms with Gasteiger partial charge in [0.25, 0.3) is 0 Å². The number of halogens is 6. The minimum atomic E-state index is -5.20. The predicted molar refractivity (Wildman–Crippen MR) is 89.0 cm³/mol. The summed E-state index contributed by atoms with van der Waals surface area (Å²) in [5.74, 6) is -1.30. The number of alkyl halides is 6. The fourth-order valence-corrected chi connectivity index (χ4v) is 2.41. The molecule has 1 aromatic carbocycles. The Kier molecular flexibility index (Phi) is 7.44. The highest BCUT2D eigenvalue weighted by Crippen LogP contribution is 2.45. The Morgan fingerprint density at radius 1 is 1.00 bits per heavy atom. The van der Waals surface area contributed by atoms with Gasteiger partial charge in [-0.25, -0.2) is 4.79 Å². The van der Waals surface area contributed by atoms with Crippen molar-refractivity contribution in [3.63, 3.8) is 0 Å². The van der Waals surface area contributed by atoms with E-state index >= 15 is 0 Å². The van der Waals surface area contributed by atoms with Crippen LogP contribution in [0.25, 0.3) is 0 Å². The molecule has 0 unspecified atom stereocenters. The van der Waals surface area contributed by atoms with E-state index < -0.39 is 40.7 Å². The first kappa shape index (κ1) is 23.7. The van der Waals surface area contributed by atoms with Gasteiger partial charge in [0.2, 0.25) is 0 Å². The number of carbonyl (C=O) groups excluding carboxylic acids is 1. The molecule has 28 heavy (non-hydrogen) atoms. The zero-order valence-corrected chi connectivity index (χ0v) is 15.9. The van der Waals surface area contributed by atoms with Crippen molar-refractivity contribution in [2.24, 2.45) is 10.3 Å². The molecule has 0 aromatic heterocycles. The van der Waals surface area contributed by atoms with Gasteiger partial charge in [-0.1, -0.05) is 5.22 Å². The number of nitrogens with zero attached hydrogens (tertiary/aromatic N) is 3. The number of carbonyl (C=O) groups is 1. The van der Waals surface area contributed by atoms with E-state index in [1.165, 1.54) is 11.9 Å². The standard InChI is InChI=1S/C17H21F6N3O2/c1-6-28-15(27)11-7-12(16(18,19)20)14(13(8-11)17(21,22)23)24-25-26(9(2)3)10(4)5/h7-10H,6H2,1-5H3. The molecule has 0 saturated carbocycles. The van der Waals surface area contributed by atoms with Gasteiger partial charge in [0, 0.05) is 12.1 Å². The first-order valence-electron chi connectivity index (χ1n) is 8.39. The van der Waals surface area contributed by atoms with E-state index in [1.807, 2.05) is 0 Å². The number of esters is 1. The van der Waals surface area contributed by atoms with Crippen LogP contribution in [0.1, 0.15) is 56.1 Å². The van der Waals surface area contributed by atoms with E-state index in [9.17, 15) is 31.1 Å². The van der Waals surface area contributed by atoms with Crippen LogP contribution < -0.4 is 0 Å². The zero-order chi connectivity index (χ0) is 21.9. The molecule has 0 spiro atoms. The van der Waals surface area contributed by atoms with Crippen molar-refractivity contribution in [1.29, 1.82) is 0 Å². The minimum absolute atomic E-state index is 0.208. The summed E-state index contributed by atoms with van der Waals surface area (Å²) < 4.78 is 85.2. The van der Waals surface area contributed by atoms with E-state index in [1.54, 1.807) is 27.7 Å². The SMILES string of the molecule is CCOC(=O)c1cc(C(F)(F)F)c(N=NN(C(C)C)C(C)C)c(C(F)(F)F)c1. The van der Waals surface area contributed by atoms with Crippen LogP contribution in [0.2, 0.25) is 0 Å². The lowest BCUT2D eigenvalue weighted by molar-refractivity contribution is -0.142. The summed E-state index contributed by atoms with van der Waals surface area (Å²) >= 11 is 0. The number of hydrogen-bond donors (Lipinski definition) is 0. The van der Waals surface area contributed by atoms with Gasteiger partial charge in [-0.15, -0.1) is 5.11 Å². The van der Waals surface area contributed by atoms with Crippen molar-refractivity contribution >= 4 is 11.7 Å². The molecule has 0 saturated heterocycles. The summed E-state index contributed by atoms with van der Waals surface area (Å²) in [5, 5.41) is 8.14. The Morgan fingerprint density at radius 2 is 1.43 bits per heavy atom. The van der Waals surface area contributed by atoms with Crippen LogP contribution in [0, 0.1) is 0 Å². The molecule has 1 aromatic rings. The van der Waals surface area contributed by atoms with E-state index in [0.717, 1.165) is 0 Å². The second kappa shape index (κ2) is 8.78. The molecule has 0 aliphatic heterocycles. The topological polar surface area (TPSA) is 54.3 Å². The summed E-state index contributed by atoms with van der Waals surface area (Å²) in [6.07, 6.45) is -10.4. The van der Waals surface area contributed by atoms with Crippen molar-refractivity contribution < 1.29 is 35.9 Å². The zero-order valence-electron chi connectivity index (χ0n) is 15.9. The average molecular weight is 413 g/mol. The highest BCUT2D eigenvalue weighted by atomic mass is 19.4. The van der Waals surface area contributed by atoms with Crippen LogP contribution in [0.15, 0.2) is 22.5 Å². The lowest BCUT2D eigenvalue weighted by Crippen LogP contribution is -2.31. The number of benzene rings is 1. The molecule has 0 fully saturated rings. The summed E-state index contributed by atoms with van der Waals surface area (Å²) in [4.78, 5) is 11.7. The Bertz CT molecular complexity index is 684. The summed E-state index contributed by atoms with van der Waals surface area (Å²) in [6, 6.07) is -0.0506. The maximum atomic E-state index is 13.5. The fraction of sp³-hybridized carbons (Fsp3) is 0.588. The van der Waals surface area contributed by atoms with Gasteiger partial charge in [0.1, 0.15) is 5.69 Å². The maximum absolute atomic E-state index is 13.5. The van der Waals surface area contributed by atoms with Gasteiger partial charge in [-0.2, -0.15) is 26.3 Å². The highest BCUT2D eigenvalue weighted by Gasteiger charge is 2.42. The number of hydrogen-bond acceptors (Lipinski definition) is 4. The summed E-state index contributed by atoms with van der Waals surface area (Å²) in [6.45, 7) is 7.83. The van der Waals surface area contributed by atoms with Gasteiger partial charge in [0.05, 0.1) is 23.3 Å². The second-order valence-corrected chi connectivity index (χ2v) is 6.39. The molecule has 0 N–H and O–H groups in total. The van der Waals surface area contributed by atoms with E-state index in [0.29, 0.717) is 0 Å². The normalized spacial score (nSPS) is 12.9. The minimum Gasteiger partial charge on any atom is -0.462 e. The number of rotatable bonds is 6. The third-order valence-electron chi connectivity index (χ3n) is 3.54. The molecular formula is C17H21F6N3O2. The van der Waals surface area contributed by atoms with Crippen molar-refractivity contribution in [3.8, 4) is 0 Å². The lowest BCUT2D eigenvalue weighted by atomic mass is 10.0. The third kappa shape index (κ3) is 5.83. The first-order chi connectivity index (χ1) is 12.7. The van der Waals surface area contributed by atoms with Gasteiger partial charge in [0.15, 0.2) is 0 Å². The van der Waals surface area contributed by atoms with Gasteiger partial charge in [-0.05, 0) is 46.8 Å². The molecular weight excluding hydrogens is 392 g/mol. The third-order valence-corrected chi connectivity index (χ3v) is 3.54. The Hall–Kier alpha value is -2.33. The van der Waals surface area contributed by atoms with E-state index in [4.69, 9.17) is 0 Å². The van der Waals surface area contributed by atoms with E-state index in [2.05, 4.69) is 15.1 Å². The number of ether oxygens (including phenoxy) is 1. The molecule has 158 valence electrons. The molecule has 0 radical (unpaired) electrons. The van der Waals surface area contributed by atoms with Crippen LogP contribution in [-0.4, -0.2) is 29.7 Å². The highest BCUT2D eigenvalue weighted by molar-refractivity contribution is 5.91. The monoisotopic (exact) mass is 413 g/mol. The molecule has 0 bridgehead atoms. The Balaban J connectivity index is 3.74. The maximum Gasteiger partial charge on any atom is 0.418 e. The molecule has 1 rings (SSSR count). The van der Waals surface area contributed by atoms with Crippen LogP contribution in [0.5, 0.6) is 0 Å². The average Bonchev–Trinajstić information content (AvgIpc) is 2.52. The molecule has 11 heteroatoms. The van der Waals surface area contributed by atoms with E-state index in [-0.39, 0.29) is 30.8 Å². The van der Waals surface area contributed by atoms with Crippen LogP contribution in [0.3, 0.4) is 0 Å². The second-order valence-electron chi connectivity index (χ2n) is 6.39. The smallest absolute Gasteiger partial charge is 0.418 e. The molecule has 0 amide bonds. The molecule has 0 heterocycles. The molecule has 0 aliphatic rings. The Labute approximate surface area is 158 Å². The van der Waals surface area contributed by atoms with Crippen LogP contribution in [-0.2, 0) is 17.1 Å². The predicted octanol–water partition coefficient (Wildman–Crippen LogP) is 6.02. The van der Waals surface area contributed by atoms with Crippen molar-refractivity contribution in [3.05, 3.63) is 28.8 Å². The van der Waals surface area contributed by atoms with Crippen molar-refractivity contribution in [2.45, 2.75) is 59.1 Å². The van der Waals surface area contributed by atoms with Gasteiger partial charge in [-0.3, -0.25) is 5.01 Å². The summed E-state index contributed by atoms with van der Waals surface area (Å²) in [5.41, 5.74) is -5.72. The largest absolute Gasteiger partial charge is 0.462 e. The molecule has 5 nitrogen and oxygen atoms in total. The fourth-order valence-electron chi connectivity index (χ4n) is 2.41. The van der Waals surface area contributed by atoms with Crippen molar-refractivity contribution in [1.82, 2.24) is 5.01 Å². The van der Waals surface area contributed by atoms with Gasteiger partial charge >= 0.3 is 18.3 Å². The quantitative estimate of drug-likeness (QED) is 0.248.